The van der Waals surface area contributed by atoms with E-state index in [1.165, 1.54) is 45.7 Å². The molecule has 0 saturated heterocycles. The van der Waals surface area contributed by atoms with Crippen molar-refractivity contribution in [3.05, 3.63) is 162 Å². The molecule has 6 rings (SSSR count). The Bertz CT molecular complexity index is 2200. The molecule has 0 atom stereocenters. The standard InChI is InChI=1S/C52H50I2N2O2/c1-3-5-7-9-25-57-37-43-27-41(19-17-39-13-11-15-49(53)33-39)29-47(31-43)45-21-23-51(55-35-45)52-24-22-46(36-56-52)48-30-42(20-18-40-14-12-16-50(54)34-40)28-44(32-48)38-58-26-10-8-6-4-2/h11-16,21-24,27-36H,3-10,25-26,37-38H2,1-2H3. The molecule has 0 bridgehead atoms. The summed E-state index contributed by atoms with van der Waals surface area (Å²) in [5, 5.41) is 0. The molecule has 6 heteroatoms. The van der Waals surface area contributed by atoms with Crippen molar-refractivity contribution in [2.75, 3.05) is 13.2 Å². The lowest BCUT2D eigenvalue weighted by Crippen LogP contribution is -1.97. The van der Waals surface area contributed by atoms with Crippen LogP contribution in [0.4, 0.5) is 0 Å². The maximum Gasteiger partial charge on any atom is 0.0886 e. The number of pyridine rings is 2. The normalized spacial score (nSPS) is 10.8. The molecule has 0 aliphatic heterocycles. The second kappa shape index (κ2) is 23.3. The van der Waals surface area contributed by atoms with E-state index in [1.807, 2.05) is 48.8 Å². The number of aromatic nitrogens is 2. The van der Waals surface area contributed by atoms with E-state index in [4.69, 9.17) is 19.4 Å². The summed E-state index contributed by atoms with van der Waals surface area (Å²) < 4.78 is 14.5. The Balaban J connectivity index is 1.21. The number of halogens is 2. The fourth-order valence-electron chi connectivity index (χ4n) is 6.52. The second-order valence-electron chi connectivity index (χ2n) is 14.4. The van der Waals surface area contributed by atoms with E-state index in [0.29, 0.717) is 13.2 Å². The molecular weight excluding hydrogens is 938 g/mol. The molecule has 4 nitrogen and oxygen atoms in total. The summed E-state index contributed by atoms with van der Waals surface area (Å²) in [5.74, 6) is 13.5. The monoisotopic (exact) mass is 988 g/mol. The van der Waals surface area contributed by atoms with Gasteiger partial charge < -0.3 is 9.47 Å². The molecule has 0 amide bonds. The van der Waals surface area contributed by atoms with Gasteiger partial charge in [-0.25, -0.2) is 0 Å². The van der Waals surface area contributed by atoms with Crippen molar-refractivity contribution in [1.82, 2.24) is 9.97 Å². The van der Waals surface area contributed by atoms with Gasteiger partial charge in [-0.1, -0.05) is 100 Å². The molecule has 294 valence electrons. The van der Waals surface area contributed by atoms with Gasteiger partial charge in [0, 0.05) is 66.1 Å². The van der Waals surface area contributed by atoms with E-state index in [1.54, 1.807) is 0 Å². The van der Waals surface area contributed by atoms with Crippen LogP contribution in [0.5, 0.6) is 0 Å². The van der Waals surface area contributed by atoms with Crippen LogP contribution in [0.2, 0.25) is 0 Å². The zero-order valence-corrected chi connectivity index (χ0v) is 37.8. The zero-order valence-electron chi connectivity index (χ0n) is 33.5. The van der Waals surface area contributed by atoms with Crippen LogP contribution < -0.4 is 0 Å². The minimum Gasteiger partial charge on any atom is -0.377 e. The highest BCUT2D eigenvalue weighted by molar-refractivity contribution is 14.1. The first kappa shape index (κ1) is 43.3. The fourth-order valence-corrected chi connectivity index (χ4v) is 7.61. The number of hydrogen-bond acceptors (Lipinski definition) is 4. The predicted octanol–water partition coefficient (Wildman–Crippen LogP) is 13.7. The summed E-state index contributed by atoms with van der Waals surface area (Å²) in [5.41, 5.74) is 11.9. The zero-order chi connectivity index (χ0) is 40.4. The SMILES string of the molecule is CCCCCCOCc1cc(C#Cc2cccc(I)c2)cc(-c2ccc(-c3ccc(-c4cc(C#Cc5cccc(I)c5)cc(COCCCCCC)c4)cn3)nc2)c1. The molecule has 0 aliphatic carbocycles. The number of unbranched alkanes of at least 4 members (excludes halogenated alkanes) is 6. The summed E-state index contributed by atoms with van der Waals surface area (Å²) in [7, 11) is 0. The summed E-state index contributed by atoms with van der Waals surface area (Å²) in [6.45, 7) is 7.08. The lowest BCUT2D eigenvalue weighted by Gasteiger charge is -2.10. The summed E-state index contributed by atoms with van der Waals surface area (Å²) in [4.78, 5) is 9.75. The third-order valence-electron chi connectivity index (χ3n) is 9.62. The van der Waals surface area contributed by atoms with Crippen molar-refractivity contribution in [1.29, 1.82) is 0 Å². The molecule has 2 aromatic heterocycles. The van der Waals surface area contributed by atoms with Crippen molar-refractivity contribution in [2.24, 2.45) is 0 Å². The van der Waals surface area contributed by atoms with E-state index < -0.39 is 0 Å². The van der Waals surface area contributed by atoms with Gasteiger partial charge in [0.2, 0.25) is 0 Å². The number of ether oxygens (including phenoxy) is 2. The molecule has 4 aromatic carbocycles. The van der Waals surface area contributed by atoms with E-state index in [9.17, 15) is 0 Å². The topological polar surface area (TPSA) is 44.2 Å². The van der Waals surface area contributed by atoms with Crippen LogP contribution in [0.1, 0.15) is 98.6 Å². The van der Waals surface area contributed by atoms with Crippen molar-refractivity contribution in [3.8, 4) is 57.3 Å². The summed E-state index contributed by atoms with van der Waals surface area (Å²) in [6, 6.07) is 37.8. The van der Waals surface area contributed by atoms with Crippen LogP contribution in [0.15, 0.2) is 122 Å². The molecule has 0 radical (unpaired) electrons. The van der Waals surface area contributed by atoms with Gasteiger partial charge in [-0.3, -0.25) is 9.97 Å². The van der Waals surface area contributed by atoms with Gasteiger partial charge in [0.1, 0.15) is 0 Å². The van der Waals surface area contributed by atoms with Crippen molar-refractivity contribution in [2.45, 2.75) is 78.4 Å². The van der Waals surface area contributed by atoms with Crippen LogP contribution in [0.3, 0.4) is 0 Å². The Hall–Kier alpha value is -4.32. The highest BCUT2D eigenvalue weighted by Gasteiger charge is 2.09. The minimum absolute atomic E-state index is 0.551. The van der Waals surface area contributed by atoms with E-state index in [-0.39, 0.29) is 0 Å². The molecule has 0 fully saturated rings. The quantitative estimate of drug-likeness (QED) is 0.0519. The molecule has 6 aromatic rings. The number of nitrogens with zero attached hydrogens (tertiary/aromatic N) is 2. The van der Waals surface area contributed by atoms with Crippen LogP contribution >= 0.6 is 45.2 Å². The van der Waals surface area contributed by atoms with Gasteiger partial charge in [0.05, 0.1) is 24.6 Å². The smallest absolute Gasteiger partial charge is 0.0886 e. The number of benzene rings is 4. The molecule has 0 spiro atoms. The first-order chi connectivity index (χ1) is 28.4. The Labute approximate surface area is 372 Å². The predicted molar refractivity (Wildman–Crippen MR) is 256 cm³/mol. The van der Waals surface area contributed by atoms with E-state index in [0.717, 1.165) is 93.1 Å². The van der Waals surface area contributed by atoms with Gasteiger partial charge in [0.15, 0.2) is 0 Å². The van der Waals surface area contributed by atoms with Gasteiger partial charge >= 0.3 is 0 Å². The van der Waals surface area contributed by atoms with Gasteiger partial charge in [-0.2, -0.15) is 0 Å². The first-order valence-electron chi connectivity index (χ1n) is 20.4. The Morgan fingerprint density at radius 3 is 1.29 bits per heavy atom. The van der Waals surface area contributed by atoms with E-state index >= 15 is 0 Å². The Kier molecular flexibility index (Phi) is 17.4. The third-order valence-corrected chi connectivity index (χ3v) is 11.0. The maximum atomic E-state index is 6.10. The highest BCUT2D eigenvalue weighted by atomic mass is 127. The first-order valence-corrected chi connectivity index (χ1v) is 22.5. The van der Waals surface area contributed by atoms with E-state index in [2.05, 4.69) is 156 Å². The number of rotatable bonds is 17. The van der Waals surface area contributed by atoms with Crippen LogP contribution in [-0.4, -0.2) is 23.2 Å². The average Bonchev–Trinajstić information content (AvgIpc) is 3.25. The Morgan fingerprint density at radius 1 is 0.448 bits per heavy atom. The van der Waals surface area contributed by atoms with Crippen molar-refractivity contribution < 1.29 is 9.47 Å². The molecular formula is C52H50I2N2O2. The van der Waals surface area contributed by atoms with Crippen molar-refractivity contribution in [3.63, 3.8) is 0 Å². The molecule has 58 heavy (non-hydrogen) atoms. The van der Waals surface area contributed by atoms with Crippen LogP contribution in [0.25, 0.3) is 33.6 Å². The molecule has 0 aliphatic rings. The molecule has 2 heterocycles. The Morgan fingerprint density at radius 2 is 0.897 bits per heavy atom. The average molecular weight is 989 g/mol. The lowest BCUT2D eigenvalue weighted by atomic mass is 10.00. The maximum absolute atomic E-state index is 6.10. The van der Waals surface area contributed by atoms with Gasteiger partial charge in [0.25, 0.3) is 0 Å². The van der Waals surface area contributed by atoms with Gasteiger partial charge in [-0.15, -0.1) is 0 Å². The minimum atomic E-state index is 0.551. The van der Waals surface area contributed by atoms with Crippen LogP contribution in [0, 0.1) is 30.8 Å². The third kappa shape index (κ3) is 13.9. The molecule has 0 saturated carbocycles. The largest absolute Gasteiger partial charge is 0.377 e. The van der Waals surface area contributed by atoms with Gasteiger partial charge in [-0.05, 0) is 165 Å². The number of hydrogen-bond donors (Lipinski definition) is 0. The fraction of sp³-hybridized carbons (Fsp3) is 0.269. The highest BCUT2D eigenvalue weighted by Crippen LogP contribution is 2.27. The summed E-state index contributed by atoms with van der Waals surface area (Å²) >= 11 is 4.65. The van der Waals surface area contributed by atoms with Crippen molar-refractivity contribution >= 4 is 45.2 Å². The second-order valence-corrected chi connectivity index (χ2v) is 16.9. The van der Waals surface area contributed by atoms with Crippen LogP contribution in [-0.2, 0) is 22.7 Å². The summed E-state index contributed by atoms with van der Waals surface area (Å²) in [6.07, 6.45) is 13.3. The molecule has 0 unspecified atom stereocenters. The lowest BCUT2D eigenvalue weighted by molar-refractivity contribution is 0.117. The molecule has 0 N–H and O–H groups in total.